The number of hydrogen-bond donors (Lipinski definition) is 1. The number of amides is 1. The number of aryl methyl sites for hydroxylation is 1. The molecule has 0 fully saturated rings. The second kappa shape index (κ2) is 7.65. The minimum Gasteiger partial charge on any atom is -0.304 e. The van der Waals surface area contributed by atoms with Gasteiger partial charge in [-0.25, -0.2) is 13.9 Å². The van der Waals surface area contributed by atoms with Gasteiger partial charge in [0, 0.05) is 18.0 Å². The van der Waals surface area contributed by atoms with Gasteiger partial charge in [0.15, 0.2) is 17.2 Å². The Morgan fingerprint density at radius 2 is 1.87 bits per heavy atom. The summed E-state index contributed by atoms with van der Waals surface area (Å²) >= 11 is 6.11. The summed E-state index contributed by atoms with van der Waals surface area (Å²) < 4.78 is 55.0. The van der Waals surface area contributed by atoms with Crippen molar-refractivity contribution in [2.45, 2.75) is 19.6 Å². The van der Waals surface area contributed by atoms with Gasteiger partial charge < -0.3 is 5.32 Å². The van der Waals surface area contributed by atoms with E-state index in [1.165, 1.54) is 29.8 Å². The van der Waals surface area contributed by atoms with E-state index >= 15 is 0 Å². The van der Waals surface area contributed by atoms with Gasteiger partial charge in [0.05, 0.1) is 6.54 Å². The number of nitrogens with one attached hydrogen (secondary N) is 1. The second-order valence-corrected chi connectivity index (χ2v) is 7.04. The van der Waals surface area contributed by atoms with E-state index in [1.54, 1.807) is 18.3 Å². The van der Waals surface area contributed by atoms with E-state index in [2.05, 4.69) is 20.5 Å². The number of carbonyl (C=O) groups excluding carboxylic acids is 1. The summed E-state index contributed by atoms with van der Waals surface area (Å²) in [5, 5.41) is 10.0. The Morgan fingerprint density at radius 3 is 2.55 bits per heavy atom. The van der Waals surface area contributed by atoms with Gasteiger partial charge in [-0.05, 0) is 30.7 Å². The van der Waals surface area contributed by atoms with Crippen LogP contribution >= 0.6 is 11.6 Å². The number of aromatic nitrogens is 5. The number of alkyl halides is 3. The fraction of sp³-hybridized carbons (Fsp3) is 0.158. The van der Waals surface area contributed by atoms with Crippen molar-refractivity contribution in [2.75, 3.05) is 5.32 Å². The summed E-state index contributed by atoms with van der Waals surface area (Å²) in [6, 6.07) is 8.14. The minimum absolute atomic E-state index is 0.0770. The molecule has 0 unspecified atom stereocenters. The van der Waals surface area contributed by atoms with Crippen LogP contribution in [0.4, 0.5) is 23.4 Å². The van der Waals surface area contributed by atoms with Crippen molar-refractivity contribution in [2.24, 2.45) is 0 Å². The monoisotopic (exact) mass is 452 g/mol. The molecule has 0 bridgehead atoms. The quantitative estimate of drug-likeness (QED) is 0.467. The highest BCUT2D eigenvalue weighted by Gasteiger charge is 2.36. The maximum absolute atomic E-state index is 13.3. The van der Waals surface area contributed by atoms with Crippen LogP contribution in [0.5, 0.6) is 0 Å². The van der Waals surface area contributed by atoms with Crippen LogP contribution in [0, 0.1) is 12.7 Å². The molecule has 0 aliphatic heterocycles. The topological polar surface area (TPSA) is 77.1 Å². The van der Waals surface area contributed by atoms with E-state index in [1.807, 2.05) is 0 Å². The number of rotatable bonds is 4. The molecular formula is C19H13ClF4N6O. The lowest BCUT2D eigenvalue weighted by Crippen LogP contribution is -2.16. The first-order valence-corrected chi connectivity index (χ1v) is 9.22. The van der Waals surface area contributed by atoms with Crippen molar-refractivity contribution >= 4 is 29.0 Å². The Hall–Kier alpha value is -3.47. The minimum atomic E-state index is -4.71. The second-order valence-electron chi connectivity index (χ2n) is 6.66. The maximum Gasteiger partial charge on any atom is 0.433 e. The van der Waals surface area contributed by atoms with Gasteiger partial charge in [-0.15, -0.1) is 0 Å². The van der Waals surface area contributed by atoms with E-state index in [-0.39, 0.29) is 28.0 Å². The lowest BCUT2D eigenvalue weighted by Gasteiger charge is -2.09. The Morgan fingerprint density at radius 1 is 1.16 bits per heavy atom. The Bertz CT molecular complexity index is 1280. The first kappa shape index (κ1) is 20.8. The third kappa shape index (κ3) is 4.22. The van der Waals surface area contributed by atoms with Crippen molar-refractivity contribution in [1.82, 2.24) is 24.4 Å². The molecule has 0 atom stereocenters. The first-order valence-electron chi connectivity index (χ1n) is 8.84. The van der Waals surface area contributed by atoms with Gasteiger partial charge in [0.1, 0.15) is 16.5 Å². The highest BCUT2D eigenvalue weighted by molar-refractivity contribution is 6.37. The first-order chi connectivity index (χ1) is 14.6. The van der Waals surface area contributed by atoms with Crippen LogP contribution < -0.4 is 5.32 Å². The van der Waals surface area contributed by atoms with Gasteiger partial charge in [0.25, 0.3) is 5.91 Å². The van der Waals surface area contributed by atoms with Gasteiger partial charge in [-0.2, -0.15) is 23.4 Å². The molecule has 0 saturated carbocycles. The SMILES string of the molecule is Cc1cc(C(F)(F)F)n2nc(C(=O)Nc3ccn(Cc4ccc(F)cc4)n3)c(Cl)c2n1. The van der Waals surface area contributed by atoms with Gasteiger partial charge in [-0.1, -0.05) is 23.7 Å². The molecule has 1 N–H and O–H groups in total. The van der Waals surface area contributed by atoms with Crippen molar-refractivity contribution in [1.29, 1.82) is 0 Å². The zero-order valence-electron chi connectivity index (χ0n) is 15.8. The van der Waals surface area contributed by atoms with Gasteiger partial charge in [0.2, 0.25) is 0 Å². The number of nitrogens with zero attached hydrogens (tertiary/aromatic N) is 5. The highest BCUT2D eigenvalue weighted by atomic mass is 35.5. The molecule has 7 nitrogen and oxygen atoms in total. The number of anilines is 1. The number of fused-ring (bicyclic) bond motifs is 1. The van der Waals surface area contributed by atoms with Crippen LogP contribution in [0.25, 0.3) is 5.65 Å². The average Bonchev–Trinajstić information content (AvgIpc) is 3.27. The molecule has 12 heteroatoms. The summed E-state index contributed by atoms with van der Waals surface area (Å²) in [5.41, 5.74) is -0.932. The number of benzene rings is 1. The molecule has 1 amide bonds. The molecular weight excluding hydrogens is 440 g/mol. The van der Waals surface area contributed by atoms with Crippen molar-refractivity contribution in [3.63, 3.8) is 0 Å². The summed E-state index contributed by atoms with van der Waals surface area (Å²) in [5.74, 6) is -1.06. The van der Waals surface area contributed by atoms with Crippen molar-refractivity contribution in [3.05, 3.63) is 76.1 Å². The largest absolute Gasteiger partial charge is 0.433 e. The number of hydrogen-bond acceptors (Lipinski definition) is 4. The molecule has 4 rings (SSSR count). The molecule has 0 saturated heterocycles. The zero-order chi connectivity index (χ0) is 22.3. The lowest BCUT2D eigenvalue weighted by atomic mass is 10.2. The molecule has 31 heavy (non-hydrogen) atoms. The molecule has 3 heterocycles. The van der Waals surface area contributed by atoms with Crippen LogP contribution in [0.1, 0.15) is 27.4 Å². The third-order valence-corrected chi connectivity index (χ3v) is 4.65. The van der Waals surface area contributed by atoms with E-state index < -0.39 is 23.5 Å². The third-order valence-electron chi connectivity index (χ3n) is 4.31. The van der Waals surface area contributed by atoms with E-state index in [0.29, 0.717) is 11.1 Å². The van der Waals surface area contributed by atoms with E-state index in [0.717, 1.165) is 11.6 Å². The van der Waals surface area contributed by atoms with Crippen molar-refractivity contribution < 1.29 is 22.4 Å². The standard InChI is InChI=1S/C19H13ClF4N6O/c1-10-8-13(19(22,23)24)30-17(25-10)15(20)16(28-30)18(31)26-14-6-7-29(27-14)9-11-2-4-12(21)5-3-11/h2-8H,9H2,1H3,(H,26,27,31). The molecule has 0 spiro atoms. The fourth-order valence-electron chi connectivity index (χ4n) is 2.93. The normalized spacial score (nSPS) is 11.8. The molecule has 0 aliphatic carbocycles. The molecule has 4 aromatic rings. The smallest absolute Gasteiger partial charge is 0.304 e. The van der Waals surface area contributed by atoms with E-state index in [9.17, 15) is 22.4 Å². The highest BCUT2D eigenvalue weighted by Crippen LogP contribution is 2.32. The lowest BCUT2D eigenvalue weighted by molar-refractivity contribution is -0.142. The van der Waals surface area contributed by atoms with Crippen molar-refractivity contribution in [3.8, 4) is 0 Å². The Labute approximate surface area is 177 Å². The van der Waals surface area contributed by atoms with Crippen LogP contribution in [0.3, 0.4) is 0 Å². The molecule has 0 aliphatic rings. The number of halogens is 5. The number of carbonyl (C=O) groups is 1. The summed E-state index contributed by atoms with van der Waals surface area (Å²) in [6.45, 7) is 1.70. The summed E-state index contributed by atoms with van der Waals surface area (Å²) in [7, 11) is 0. The predicted octanol–water partition coefficient (Wildman–Crippen LogP) is 4.35. The molecule has 0 radical (unpaired) electrons. The zero-order valence-corrected chi connectivity index (χ0v) is 16.5. The summed E-state index contributed by atoms with van der Waals surface area (Å²) in [6.07, 6.45) is -3.13. The Kier molecular flexibility index (Phi) is 5.13. The van der Waals surface area contributed by atoms with Crippen LogP contribution in [-0.4, -0.2) is 30.3 Å². The fourth-order valence-corrected chi connectivity index (χ4v) is 3.17. The molecule has 1 aromatic carbocycles. The average molecular weight is 453 g/mol. The molecule has 3 aromatic heterocycles. The van der Waals surface area contributed by atoms with Crippen LogP contribution in [-0.2, 0) is 12.7 Å². The Balaban J connectivity index is 1.58. The maximum atomic E-state index is 13.3. The summed E-state index contributed by atoms with van der Waals surface area (Å²) in [4.78, 5) is 16.5. The predicted molar refractivity (Wildman–Crippen MR) is 103 cm³/mol. The van der Waals surface area contributed by atoms with Gasteiger partial charge in [-0.3, -0.25) is 9.48 Å². The van der Waals surface area contributed by atoms with Gasteiger partial charge >= 0.3 is 6.18 Å². The van der Waals surface area contributed by atoms with Crippen LogP contribution in [0.2, 0.25) is 5.02 Å². The van der Waals surface area contributed by atoms with Crippen LogP contribution in [0.15, 0.2) is 42.6 Å². The molecule has 160 valence electrons. The van der Waals surface area contributed by atoms with E-state index in [4.69, 9.17) is 11.6 Å².